The molecule has 0 aliphatic carbocycles. The minimum Gasteiger partial charge on any atom is -1.00 e. The van der Waals surface area contributed by atoms with Gasteiger partial charge in [0.05, 0.1) is 19.3 Å². The Kier molecular flexibility index (Phi) is 37.1. The number of alkyl halides is 9. The molecule has 0 saturated carbocycles. The number of ketones is 6. The monoisotopic (exact) mass is 650 g/mol. The van der Waals surface area contributed by atoms with Crippen LogP contribution in [-0.2, 0) is 50.5 Å². The molecule has 0 atom stereocenters. The normalized spacial score (nSPS) is 9.60. The first-order valence-electron chi connectivity index (χ1n) is 7.30. The van der Waals surface area contributed by atoms with Gasteiger partial charge in [0.15, 0.2) is 0 Å². The largest absolute Gasteiger partial charge is 4.00 e. The van der Waals surface area contributed by atoms with Crippen LogP contribution in [0.25, 0.3) is 0 Å². The molecule has 0 heterocycles. The summed E-state index contributed by atoms with van der Waals surface area (Å²) in [6.45, 7) is 2.80. The third-order valence-electron chi connectivity index (χ3n) is 2.18. The Balaban J connectivity index is -0.0000000486. The molecule has 0 aromatic rings. The SMILES string of the molecule is CC(=O)CC(=O)C(F)(F)F.CC(=O)CC(=O)C(F)(F)F.CC(=O)CC(=O)C(F)(F)F.[Cl-].[Cl-].[Cl-].[Cl-].[Ti+4]. The molecular weight excluding hydrogens is 637 g/mol. The number of carbonyl (C=O) groups is 6. The molecular formula is C15H15Cl4F9O6Ti. The Morgan fingerprint density at radius 2 is 0.543 bits per heavy atom. The summed E-state index contributed by atoms with van der Waals surface area (Å²) in [4.78, 5) is 59.7. The molecule has 0 radical (unpaired) electrons. The van der Waals surface area contributed by atoms with Gasteiger partial charge in [-0.3, -0.25) is 28.8 Å². The molecule has 0 unspecified atom stereocenters. The summed E-state index contributed by atoms with van der Waals surface area (Å²) in [5.74, 6) is -8.29. The number of hydrogen-bond donors (Lipinski definition) is 0. The summed E-state index contributed by atoms with van der Waals surface area (Å²) in [5.41, 5.74) is 0. The molecule has 0 aromatic carbocycles. The van der Waals surface area contributed by atoms with E-state index < -0.39 is 72.5 Å². The third kappa shape index (κ3) is 38.0. The van der Waals surface area contributed by atoms with Crippen LogP contribution >= 0.6 is 0 Å². The van der Waals surface area contributed by atoms with Gasteiger partial charge >= 0.3 is 40.2 Å². The van der Waals surface area contributed by atoms with Crippen LogP contribution in [0.3, 0.4) is 0 Å². The molecule has 35 heavy (non-hydrogen) atoms. The summed E-state index contributed by atoms with van der Waals surface area (Å²) in [6, 6.07) is 0. The van der Waals surface area contributed by atoms with Crippen molar-refractivity contribution in [2.45, 2.75) is 58.6 Å². The Labute approximate surface area is 232 Å². The van der Waals surface area contributed by atoms with Crippen molar-refractivity contribution in [2.24, 2.45) is 0 Å². The molecule has 0 aliphatic rings. The van der Waals surface area contributed by atoms with Gasteiger partial charge in [0.25, 0.3) is 0 Å². The Morgan fingerprint density at radius 1 is 0.429 bits per heavy atom. The first-order chi connectivity index (χ1) is 13.0. The van der Waals surface area contributed by atoms with Crippen LogP contribution in [0.1, 0.15) is 40.0 Å². The van der Waals surface area contributed by atoms with E-state index in [4.69, 9.17) is 0 Å². The fourth-order valence-electron chi connectivity index (χ4n) is 0.979. The van der Waals surface area contributed by atoms with Gasteiger partial charge in [0.2, 0.25) is 17.3 Å². The van der Waals surface area contributed by atoms with Crippen LogP contribution in [0, 0.1) is 0 Å². The predicted molar refractivity (Wildman–Crippen MR) is 79.1 cm³/mol. The van der Waals surface area contributed by atoms with Gasteiger partial charge in [-0.25, -0.2) is 0 Å². The second kappa shape index (κ2) is 23.7. The average molecular weight is 652 g/mol. The van der Waals surface area contributed by atoms with E-state index in [1.54, 1.807) is 0 Å². The second-order valence-corrected chi connectivity index (χ2v) is 5.40. The summed E-state index contributed by atoms with van der Waals surface area (Å²) in [6.07, 6.45) is -17.8. The van der Waals surface area contributed by atoms with Crippen LogP contribution in [0.15, 0.2) is 0 Å². The van der Waals surface area contributed by atoms with Crippen molar-refractivity contribution in [1.82, 2.24) is 0 Å². The molecule has 206 valence electrons. The van der Waals surface area contributed by atoms with Gasteiger partial charge in [0.1, 0.15) is 17.3 Å². The quantitative estimate of drug-likeness (QED) is 0.161. The first kappa shape index (κ1) is 55.0. The molecule has 0 rings (SSSR count). The van der Waals surface area contributed by atoms with Gasteiger partial charge in [0, 0.05) is 0 Å². The number of hydrogen-bond acceptors (Lipinski definition) is 6. The van der Waals surface area contributed by atoms with Crippen LogP contribution in [0.4, 0.5) is 39.5 Å². The number of halogens is 13. The van der Waals surface area contributed by atoms with Crippen molar-refractivity contribution in [2.75, 3.05) is 0 Å². The first-order valence-corrected chi connectivity index (χ1v) is 7.30. The number of rotatable bonds is 6. The Bertz CT molecular complexity index is 591. The van der Waals surface area contributed by atoms with Crippen molar-refractivity contribution < 1.29 is 140 Å². The molecule has 0 fully saturated rings. The molecule has 0 saturated heterocycles. The number of Topliss-reactive ketones (excluding diaryl/α,β-unsaturated/α-hetero) is 6. The maximum Gasteiger partial charge on any atom is 4.00 e. The van der Waals surface area contributed by atoms with E-state index in [1.807, 2.05) is 0 Å². The van der Waals surface area contributed by atoms with Gasteiger partial charge < -0.3 is 49.6 Å². The van der Waals surface area contributed by atoms with Crippen LogP contribution in [0.2, 0.25) is 0 Å². The smallest absolute Gasteiger partial charge is 1.00 e. The van der Waals surface area contributed by atoms with Crippen LogP contribution < -0.4 is 49.6 Å². The minimum absolute atomic E-state index is 0. The van der Waals surface area contributed by atoms with E-state index in [-0.39, 0.29) is 71.3 Å². The van der Waals surface area contributed by atoms with Gasteiger partial charge in [-0.05, 0) is 20.8 Å². The summed E-state index contributed by atoms with van der Waals surface area (Å²) < 4.78 is 102. The molecule has 6 nitrogen and oxygen atoms in total. The summed E-state index contributed by atoms with van der Waals surface area (Å²) >= 11 is 0. The zero-order chi connectivity index (χ0) is 25.1. The van der Waals surface area contributed by atoms with E-state index in [0.717, 1.165) is 20.8 Å². The molecule has 0 N–H and O–H groups in total. The Hall–Kier alpha value is -0.736. The van der Waals surface area contributed by atoms with E-state index in [1.165, 1.54) is 0 Å². The molecule has 20 heteroatoms. The zero-order valence-electron chi connectivity index (χ0n) is 17.5. The number of carbonyl (C=O) groups excluding carboxylic acids is 6. The van der Waals surface area contributed by atoms with Crippen molar-refractivity contribution in [1.29, 1.82) is 0 Å². The maximum atomic E-state index is 11.3. The van der Waals surface area contributed by atoms with Crippen LogP contribution in [-0.4, -0.2) is 53.2 Å². The van der Waals surface area contributed by atoms with Gasteiger partial charge in [-0.2, -0.15) is 39.5 Å². The van der Waals surface area contributed by atoms with E-state index in [9.17, 15) is 68.3 Å². The zero-order valence-corrected chi connectivity index (χ0v) is 22.1. The van der Waals surface area contributed by atoms with Crippen molar-refractivity contribution >= 4 is 34.7 Å². The van der Waals surface area contributed by atoms with E-state index >= 15 is 0 Å². The van der Waals surface area contributed by atoms with Crippen molar-refractivity contribution in [3.8, 4) is 0 Å². The summed E-state index contributed by atoms with van der Waals surface area (Å²) in [7, 11) is 0. The van der Waals surface area contributed by atoms with E-state index in [2.05, 4.69) is 0 Å². The second-order valence-electron chi connectivity index (χ2n) is 5.40. The fourth-order valence-corrected chi connectivity index (χ4v) is 0.979. The molecule has 0 aliphatic heterocycles. The Morgan fingerprint density at radius 3 is 0.571 bits per heavy atom. The van der Waals surface area contributed by atoms with E-state index in [0.29, 0.717) is 0 Å². The third-order valence-corrected chi connectivity index (χ3v) is 2.18. The minimum atomic E-state index is -4.87. The molecule has 0 spiro atoms. The van der Waals surface area contributed by atoms with Crippen molar-refractivity contribution in [3.63, 3.8) is 0 Å². The topological polar surface area (TPSA) is 102 Å². The van der Waals surface area contributed by atoms with Gasteiger partial charge in [-0.15, -0.1) is 0 Å². The standard InChI is InChI=1S/3C5H5F3O2.4ClH.Ti/c3*1-3(9)2-4(10)5(6,7)8;;;;;/h3*2H2,1H3;4*1H;/q;;;;;;;+4/p-4. The summed E-state index contributed by atoms with van der Waals surface area (Å²) in [5, 5.41) is 0. The van der Waals surface area contributed by atoms with Gasteiger partial charge in [-0.1, -0.05) is 0 Å². The molecule has 0 bridgehead atoms. The molecule has 0 aromatic heterocycles. The van der Waals surface area contributed by atoms with Crippen LogP contribution in [0.5, 0.6) is 0 Å². The van der Waals surface area contributed by atoms with Crippen molar-refractivity contribution in [3.05, 3.63) is 0 Å². The molecule has 0 amide bonds. The average Bonchev–Trinajstić information content (AvgIpc) is 2.43. The maximum absolute atomic E-state index is 11.3. The fraction of sp³-hybridized carbons (Fsp3) is 0.600. The predicted octanol–water partition coefficient (Wildman–Crippen LogP) is -8.70.